The van der Waals surface area contributed by atoms with Gasteiger partial charge in [-0.05, 0) is 51.1 Å². The summed E-state index contributed by atoms with van der Waals surface area (Å²) < 4.78 is 21.2. The Morgan fingerprint density at radius 3 is 2.36 bits per heavy atom. The third kappa shape index (κ3) is 9.10. The van der Waals surface area contributed by atoms with Crippen molar-refractivity contribution >= 4 is 35.3 Å². The van der Waals surface area contributed by atoms with Crippen molar-refractivity contribution in [2.24, 2.45) is 0 Å². The monoisotopic (exact) mass is 595 g/mol. The van der Waals surface area contributed by atoms with E-state index >= 15 is 0 Å². The zero-order valence-electron chi connectivity index (χ0n) is 24.3. The molecule has 0 bridgehead atoms. The van der Waals surface area contributed by atoms with Gasteiger partial charge in [-0.25, -0.2) is 9.59 Å². The number of hydrogen-bond donors (Lipinski definition) is 2. The highest BCUT2D eigenvalue weighted by Gasteiger charge is 2.26. The number of ether oxygens (including phenoxy) is 4. The zero-order chi connectivity index (χ0) is 31.7. The van der Waals surface area contributed by atoms with Gasteiger partial charge in [-0.3, -0.25) is 14.9 Å². The van der Waals surface area contributed by atoms with E-state index in [9.17, 15) is 19.2 Å². The van der Waals surface area contributed by atoms with Gasteiger partial charge in [0.2, 0.25) is 5.91 Å². The molecule has 11 nitrogen and oxygen atoms in total. The van der Waals surface area contributed by atoms with Crippen LogP contribution < -0.4 is 15.4 Å². The fraction of sp³-hybridized carbons (Fsp3) is 0.242. The summed E-state index contributed by atoms with van der Waals surface area (Å²) in [6.07, 6.45) is -2.80. The van der Waals surface area contributed by atoms with Crippen LogP contribution in [-0.2, 0) is 19.0 Å². The topological polar surface area (TPSA) is 153 Å². The standard InChI is InChI=1S/C33H29N3O8/c1-33(2,3)44-31(39)36-27-16-29(41-19-25-20-42-32(40)43-25)24(13-12-21-8-5-4-6-9-21)15-26(27)35-30(38)17-28(37)23-11-7-10-22(14-23)18-34/h4-11,14-16,25H,17,19-20H2,1-3H3,(H,35,38)(H,36,39). The minimum Gasteiger partial charge on any atom is -0.488 e. The fourth-order valence-corrected chi connectivity index (χ4v) is 3.91. The highest BCUT2D eigenvalue weighted by Crippen LogP contribution is 2.32. The van der Waals surface area contributed by atoms with Crippen LogP contribution in [0.15, 0.2) is 66.7 Å². The Balaban J connectivity index is 1.67. The lowest BCUT2D eigenvalue weighted by Crippen LogP contribution is -2.28. The van der Waals surface area contributed by atoms with Crippen LogP contribution in [0.4, 0.5) is 21.0 Å². The fourth-order valence-electron chi connectivity index (χ4n) is 3.91. The third-order valence-electron chi connectivity index (χ3n) is 5.85. The normalized spacial score (nSPS) is 13.7. The van der Waals surface area contributed by atoms with Crippen LogP contribution >= 0.6 is 0 Å². The lowest BCUT2D eigenvalue weighted by molar-refractivity contribution is -0.115. The second-order valence-electron chi connectivity index (χ2n) is 10.6. The molecular formula is C33H29N3O8. The molecule has 1 fully saturated rings. The number of cyclic esters (lactones) is 2. The first-order valence-corrected chi connectivity index (χ1v) is 13.5. The average molecular weight is 596 g/mol. The minimum absolute atomic E-state index is 0.00627. The molecule has 224 valence electrons. The molecule has 0 radical (unpaired) electrons. The van der Waals surface area contributed by atoms with Crippen LogP contribution in [0.5, 0.6) is 5.75 Å². The van der Waals surface area contributed by atoms with Gasteiger partial charge >= 0.3 is 12.2 Å². The summed E-state index contributed by atoms with van der Waals surface area (Å²) in [5.41, 5.74) is 0.953. The maximum absolute atomic E-state index is 13.1. The molecule has 11 heteroatoms. The van der Waals surface area contributed by atoms with Crippen molar-refractivity contribution in [1.29, 1.82) is 5.26 Å². The van der Waals surface area contributed by atoms with Gasteiger partial charge in [0.1, 0.15) is 24.6 Å². The van der Waals surface area contributed by atoms with Gasteiger partial charge < -0.3 is 24.3 Å². The summed E-state index contributed by atoms with van der Waals surface area (Å²) in [6, 6.07) is 20.1. The highest BCUT2D eigenvalue weighted by molar-refractivity contribution is 6.12. The van der Waals surface area contributed by atoms with Gasteiger partial charge in [0, 0.05) is 17.2 Å². The number of ketones is 1. The smallest absolute Gasteiger partial charge is 0.488 e. The van der Waals surface area contributed by atoms with Gasteiger partial charge in [-0.15, -0.1) is 0 Å². The van der Waals surface area contributed by atoms with Crippen molar-refractivity contribution in [3.63, 3.8) is 0 Å². The van der Waals surface area contributed by atoms with Crippen molar-refractivity contribution < 1.29 is 38.1 Å². The molecule has 4 rings (SSSR count). The largest absolute Gasteiger partial charge is 0.508 e. The summed E-state index contributed by atoms with van der Waals surface area (Å²) >= 11 is 0. The summed E-state index contributed by atoms with van der Waals surface area (Å²) in [7, 11) is 0. The first kappa shape index (κ1) is 31.1. The predicted molar refractivity (Wildman–Crippen MR) is 159 cm³/mol. The molecule has 1 saturated heterocycles. The first-order chi connectivity index (χ1) is 21.0. The first-order valence-electron chi connectivity index (χ1n) is 13.5. The average Bonchev–Trinajstić information content (AvgIpc) is 3.40. The Labute approximate surface area is 254 Å². The number of nitrogens with one attached hydrogen (secondary N) is 2. The third-order valence-corrected chi connectivity index (χ3v) is 5.85. The number of carbonyl (C=O) groups excluding carboxylic acids is 4. The molecule has 2 N–H and O–H groups in total. The van der Waals surface area contributed by atoms with Crippen molar-refractivity contribution in [3.8, 4) is 23.7 Å². The number of hydrogen-bond acceptors (Lipinski definition) is 9. The molecule has 1 aliphatic rings. The Bertz CT molecular complexity index is 1680. The molecule has 1 unspecified atom stereocenters. The van der Waals surface area contributed by atoms with Gasteiger partial charge in [0.25, 0.3) is 0 Å². The molecule has 2 amide bonds. The number of benzene rings is 3. The van der Waals surface area contributed by atoms with E-state index in [2.05, 4.69) is 22.5 Å². The van der Waals surface area contributed by atoms with E-state index in [0.717, 1.165) is 0 Å². The van der Waals surface area contributed by atoms with E-state index in [1.165, 1.54) is 24.3 Å². The zero-order valence-corrected chi connectivity index (χ0v) is 24.3. The van der Waals surface area contributed by atoms with Gasteiger partial charge in [-0.2, -0.15) is 5.26 Å². The van der Waals surface area contributed by atoms with Crippen LogP contribution in [-0.4, -0.2) is 48.9 Å². The summed E-state index contributed by atoms with van der Waals surface area (Å²) in [4.78, 5) is 49.9. The maximum atomic E-state index is 13.1. The molecule has 0 saturated carbocycles. The molecule has 0 spiro atoms. The van der Waals surface area contributed by atoms with E-state index in [1.807, 2.05) is 36.4 Å². The molecular weight excluding hydrogens is 566 g/mol. The second-order valence-corrected chi connectivity index (χ2v) is 10.6. The number of nitriles is 1. The van der Waals surface area contributed by atoms with Crippen LogP contribution in [0.25, 0.3) is 0 Å². The van der Waals surface area contributed by atoms with E-state index in [0.29, 0.717) is 11.1 Å². The van der Waals surface area contributed by atoms with Crippen molar-refractivity contribution in [1.82, 2.24) is 0 Å². The maximum Gasteiger partial charge on any atom is 0.508 e. The number of rotatable bonds is 8. The van der Waals surface area contributed by atoms with Gasteiger partial charge in [0.15, 0.2) is 11.9 Å². The molecule has 1 atom stereocenters. The van der Waals surface area contributed by atoms with E-state index in [4.69, 9.17) is 24.2 Å². The lowest BCUT2D eigenvalue weighted by Gasteiger charge is -2.21. The molecule has 3 aromatic rings. The SMILES string of the molecule is CC(C)(C)OC(=O)Nc1cc(OCC2COC(=O)O2)c(C#Cc2ccccc2)cc1NC(=O)CC(=O)c1cccc(C#N)c1. The minimum atomic E-state index is -0.815. The molecule has 1 heterocycles. The second kappa shape index (κ2) is 13.9. The van der Waals surface area contributed by atoms with Gasteiger partial charge in [-0.1, -0.05) is 42.2 Å². The lowest BCUT2D eigenvalue weighted by atomic mass is 10.1. The number of Topliss-reactive ketones (excluding diaryl/α,β-unsaturated/α-hetero) is 1. The van der Waals surface area contributed by atoms with Crippen molar-refractivity contribution in [2.45, 2.75) is 38.9 Å². The molecule has 44 heavy (non-hydrogen) atoms. The van der Waals surface area contributed by atoms with Crippen LogP contribution in [0, 0.1) is 23.2 Å². The highest BCUT2D eigenvalue weighted by atomic mass is 16.8. The number of anilines is 2. The van der Waals surface area contributed by atoms with Crippen LogP contribution in [0.3, 0.4) is 0 Å². The van der Waals surface area contributed by atoms with E-state index in [1.54, 1.807) is 32.9 Å². The Morgan fingerprint density at radius 1 is 0.955 bits per heavy atom. The predicted octanol–water partition coefficient (Wildman–Crippen LogP) is 5.43. The molecule has 3 aromatic carbocycles. The van der Waals surface area contributed by atoms with Crippen LogP contribution in [0.1, 0.15) is 54.2 Å². The number of nitrogens with zero attached hydrogens (tertiary/aromatic N) is 1. The van der Waals surface area contributed by atoms with Crippen molar-refractivity contribution in [2.75, 3.05) is 23.8 Å². The summed E-state index contributed by atoms with van der Waals surface area (Å²) in [6.45, 7) is 5.03. The Hall–Kier alpha value is -5.81. The molecule has 0 aromatic heterocycles. The quantitative estimate of drug-likeness (QED) is 0.150. The Morgan fingerprint density at radius 2 is 1.68 bits per heavy atom. The molecule has 1 aliphatic heterocycles. The summed E-state index contributed by atoms with van der Waals surface area (Å²) in [5.74, 6) is 5.09. The van der Waals surface area contributed by atoms with Crippen molar-refractivity contribution in [3.05, 3.63) is 89.0 Å². The Kier molecular flexibility index (Phi) is 9.84. The number of amides is 2. The van der Waals surface area contributed by atoms with Gasteiger partial charge in [0.05, 0.1) is 35.0 Å². The molecule has 0 aliphatic carbocycles. The summed E-state index contributed by atoms with van der Waals surface area (Å²) in [5, 5.41) is 14.4. The van der Waals surface area contributed by atoms with E-state index < -0.39 is 42.1 Å². The van der Waals surface area contributed by atoms with E-state index in [-0.39, 0.29) is 41.5 Å². The number of carbonyl (C=O) groups is 4. The van der Waals surface area contributed by atoms with Crippen LogP contribution in [0.2, 0.25) is 0 Å².